The van der Waals surface area contributed by atoms with Crippen LogP contribution in [0.2, 0.25) is 0 Å². The highest BCUT2D eigenvalue weighted by molar-refractivity contribution is 5.79. The lowest BCUT2D eigenvalue weighted by atomic mass is 9.97. The van der Waals surface area contributed by atoms with E-state index in [-0.39, 0.29) is 11.9 Å². The highest BCUT2D eigenvalue weighted by Gasteiger charge is 2.25. The highest BCUT2D eigenvalue weighted by atomic mass is 16.5. The predicted octanol–water partition coefficient (Wildman–Crippen LogP) is 0.936. The van der Waals surface area contributed by atoms with Gasteiger partial charge in [-0.05, 0) is 36.6 Å². The van der Waals surface area contributed by atoms with E-state index in [1.165, 1.54) is 5.56 Å². The van der Waals surface area contributed by atoms with Crippen molar-refractivity contribution in [2.75, 3.05) is 20.8 Å². The van der Waals surface area contributed by atoms with Gasteiger partial charge in [0, 0.05) is 13.1 Å². The maximum Gasteiger partial charge on any atom is 0.234 e. The molecule has 19 heavy (non-hydrogen) atoms. The molecule has 5 nitrogen and oxygen atoms in total. The van der Waals surface area contributed by atoms with Gasteiger partial charge in [-0.15, -0.1) is 0 Å². The Morgan fingerprint density at radius 2 is 1.84 bits per heavy atom. The number of amides is 1. The Hall–Kier alpha value is -1.75. The van der Waals surface area contributed by atoms with Gasteiger partial charge in [-0.3, -0.25) is 9.69 Å². The molecule has 0 aromatic heterocycles. The van der Waals surface area contributed by atoms with Crippen LogP contribution in [0.15, 0.2) is 12.1 Å². The lowest BCUT2D eigenvalue weighted by Gasteiger charge is -2.32. The highest BCUT2D eigenvalue weighted by Crippen LogP contribution is 2.33. The average Bonchev–Trinajstić information content (AvgIpc) is 2.44. The van der Waals surface area contributed by atoms with Gasteiger partial charge in [0.1, 0.15) is 0 Å². The van der Waals surface area contributed by atoms with Crippen LogP contribution in [-0.4, -0.2) is 37.6 Å². The van der Waals surface area contributed by atoms with Gasteiger partial charge in [-0.25, -0.2) is 0 Å². The third-order valence-corrected chi connectivity index (χ3v) is 3.71. The Morgan fingerprint density at radius 1 is 1.26 bits per heavy atom. The quantitative estimate of drug-likeness (QED) is 0.879. The second-order valence-electron chi connectivity index (χ2n) is 4.77. The zero-order chi connectivity index (χ0) is 14.0. The van der Waals surface area contributed by atoms with Gasteiger partial charge >= 0.3 is 0 Å². The van der Waals surface area contributed by atoms with Crippen LogP contribution in [0.1, 0.15) is 18.1 Å². The fraction of sp³-hybridized carbons (Fsp3) is 0.500. The number of nitrogens with zero attached hydrogens (tertiary/aromatic N) is 1. The fourth-order valence-electron chi connectivity index (χ4n) is 2.42. The molecular weight excluding hydrogens is 244 g/mol. The lowest BCUT2D eigenvalue weighted by molar-refractivity contribution is -0.123. The Labute approximate surface area is 113 Å². The summed E-state index contributed by atoms with van der Waals surface area (Å²) in [5.41, 5.74) is 7.77. The van der Waals surface area contributed by atoms with Crippen molar-refractivity contribution in [2.45, 2.75) is 25.9 Å². The predicted molar refractivity (Wildman–Crippen MR) is 72.3 cm³/mol. The van der Waals surface area contributed by atoms with Crippen molar-refractivity contribution in [3.8, 4) is 11.5 Å². The number of carbonyl (C=O) groups excluding carboxylic acids is 1. The molecule has 1 amide bonds. The van der Waals surface area contributed by atoms with Crippen LogP contribution < -0.4 is 15.2 Å². The molecule has 0 unspecified atom stereocenters. The first-order valence-electron chi connectivity index (χ1n) is 6.34. The summed E-state index contributed by atoms with van der Waals surface area (Å²) in [6, 6.07) is 3.75. The van der Waals surface area contributed by atoms with Crippen molar-refractivity contribution in [2.24, 2.45) is 5.73 Å². The Balaban J connectivity index is 2.27. The number of rotatable bonds is 4. The maximum atomic E-state index is 11.3. The van der Waals surface area contributed by atoms with Crippen molar-refractivity contribution >= 4 is 5.91 Å². The Morgan fingerprint density at radius 3 is 2.37 bits per heavy atom. The summed E-state index contributed by atoms with van der Waals surface area (Å²) >= 11 is 0. The minimum atomic E-state index is -0.288. The molecule has 0 aliphatic carbocycles. The second-order valence-corrected chi connectivity index (χ2v) is 4.77. The molecule has 0 saturated carbocycles. The van der Waals surface area contributed by atoms with Gasteiger partial charge < -0.3 is 15.2 Å². The normalized spacial score (nSPS) is 16.6. The summed E-state index contributed by atoms with van der Waals surface area (Å²) in [7, 11) is 3.26. The number of methoxy groups -OCH3 is 2. The monoisotopic (exact) mass is 264 g/mol. The van der Waals surface area contributed by atoms with Gasteiger partial charge in [-0.2, -0.15) is 0 Å². The standard InChI is InChI=1S/C14H20N2O3/c1-9(14(15)17)16-5-4-10-6-12(18-2)13(19-3)7-11(10)8-16/h6-7,9H,4-5,8H2,1-3H3,(H2,15,17)/t9-/m1/s1. The molecular formula is C14H20N2O3. The van der Waals surface area contributed by atoms with Gasteiger partial charge in [0.05, 0.1) is 20.3 Å². The fourth-order valence-corrected chi connectivity index (χ4v) is 2.42. The van der Waals surface area contributed by atoms with Crippen molar-refractivity contribution in [3.05, 3.63) is 23.3 Å². The zero-order valence-electron chi connectivity index (χ0n) is 11.6. The Bertz CT molecular complexity index is 488. The van der Waals surface area contributed by atoms with Crippen LogP contribution in [-0.2, 0) is 17.8 Å². The van der Waals surface area contributed by atoms with E-state index in [2.05, 4.69) is 4.90 Å². The molecule has 0 radical (unpaired) electrons. The SMILES string of the molecule is COc1cc2c(cc1OC)CN([C@H](C)C(N)=O)CC2. The molecule has 2 N–H and O–H groups in total. The van der Waals surface area contributed by atoms with E-state index >= 15 is 0 Å². The van der Waals surface area contributed by atoms with Gasteiger partial charge in [0.15, 0.2) is 11.5 Å². The molecule has 5 heteroatoms. The van der Waals surface area contributed by atoms with Crippen LogP contribution in [0.4, 0.5) is 0 Å². The van der Waals surface area contributed by atoms with E-state index < -0.39 is 0 Å². The zero-order valence-corrected chi connectivity index (χ0v) is 11.6. The summed E-state index contributed by atoms with van der Waals surface area (Å²) in [6.07, 6.45) is 0.882. The molecule has 0 fully saturated rings. The molecule has 0 bridgehead atoms. The molecule has 1 aromatic rings. The summed E-state index contributed by atoms with van der Waals surface area (Å²) in [6.45, 7) is 3.38. The summed E-state index contributed by atoms with van der Waals surface area (Å²) in [5.74, 6) is 1.18. The number of hydrogen-bond acceptors (Lipinski definition) is 4. The first kappa shape index (κ1) is 13.7. The van der Waals surface area contributed by atoms with E-state index in [1.807, 2.05) is 19.1 Å². The third kappa shape index (κ3) is 2.66. The van der Waals surface area contributed by atoms with E-state index in [0.717, 1.165) is 30.0 Å². The number of primary amides is 1. The number of benzene rings is 1. The summed E-state index contributed by atoms with van der Waals surface area (Å²) in [5, 5.41) is 0. The molecule has 0 spiro atoms. The van der Waals surface area contributed by atoms with Crippen LogP contribution in [0.5, 0.6) is 11.5 Å². The van der Waals surface area contributed by atoms with Crippen molar-refractivity contribution < 1.29 is 14.3 Å². The van der Waals surface area contributed by atoms with Crippen LogP contribution in [0.25, 0.3) is 0 Å². The van der Waals surface area contributed by atoms with Crippen LogP contribution >= 0.6 is 0 Å². The number of carbonyl (C=O) groups is 1. The van der Waals surface area contributed by atoms with E-state index in [4.69, 9.17) is 15.2 Å². The average molecular weight is 264 g/mol. The molecule has 1 aliphatic rings. The van der Waals surface area contributed by atoms with Crippen molar-refractivity contribution in [1.29, 1.82) is 0 Å². The van der Waals surface area contributed by atoms with Gasteiger partial charge in [0.25, 0.3) is 0 Å². The number of nitrogens with two attached hydrogens (primary N) is 1. The molecule has 1 aromatic carbocycles. The van der Waals surface area contributed by atoms with Gasteiger partial charge in [-0.1, -0.05) is 0 Å². The minimum absolute atomic E-state index is 0.249. The van der Waals surface area contributed by atoms with Crippen molar-refractivity contribution in [3.63, 3.8) is 0 Å². The summed E-state index contributed by atoms with van der Waals surface area (Å²) < 4.78 is 10.6. The molecule has 1 atom stereocenters. The molecule has 2 rings (SSSR count). The Kier molecular flexibility index (Phi) is 3.95. The summed E-state index contributed by atoms with van der Waals surface area (Å²) in [4.78, 5) is 13.3. The number of fused-ring (bicyclic) bond motifs is 1. The van der Waals surface area contributed by atoms with Crippen LogP contribution in [0.3, 0.4) is 0 Å². The lowest BCUT2D eigenvalue weighted by Crippen LogP contribution is -2.45. The third-order valence-electron chi connectivity index (χ3n) is 3.71. The first-order valence-corrected chi connectivity index (χ1v) is 6.34. The first-order chi connectivity index (χ1) is 9.06. The largest absolute Gasteiger partial charge is 0.493 e. The second kappa shape index (κ2) is 5.48. The molecule has 104 valence electrons. The van der Waals surface area contributed by atoms with E-state index in [0.29, 0.717) is 6.54 Å². The van der Waals surface area contributed by atoms with Gasteiger partial charge in [0.2, 0.25) is 5.91 Å². The topological polar surface area (TPSA) is 64.8 Å². The van der Waals surface area contributed by atoms with Crippen LogP contribution in [0, 0.1) is 0 Å². The minimum Gasteiger partial charge on any atom is -0.493 e. The maximum absolute atomic E-state index is 11.3. The van der Waals surface area contributed by atoms with Crippen molar-refractivity contribution in [1.82, 2.24) is 4.90 Å². The molecule has 1 aliphatic heterocycles. The number of ether oxygens (including phenoxy) is 2. The van der Waals surface area contributed by atoms with E-state index in [1.54, 1.807) is 14.2 Å². The number of hydrogen-bond donors (Lipinski definition) is 1. The molecule has 1 heterocycles. The molecule has 0 saturated heterocycles. The van der Waals surface area contributed by atoms with E-state index in [9.17, 15) is 4.79 Å². The smallest absolute Gasteiger partial charge is 0.234 e.